The monoisotopic (exact) mass is 493 g/mol. The van der Waals surface area contributed by atoms with Gasteiger partial charge in [0.2, 0.25) is 10.0 Å². The number of benzene rings is 1. The van der Waals surface area contributed by atoms with E-state index >= 15 is 0 Å². The molecule has 0 spiro atoms. The van der Waals surface area contributed by atoms with Gasteiger partial charge >= 0.3 is 6.18 Å². The summed E-state index contributed by atoms with van der Waals surface area (Å²) < 4.78 is 67.6. The van der Waals surface area contributed by atoms with Crippen molar-refractivity contribution in [1.82, 2.24) is 24.2 Å². The van der Waals surface area contributed by atoms with Gasteiger partial charge in [-0.3, -0.25) is 9.20 Å². The number of aromatic nitrogens is 3. The Bertz CT molecular complexity index is 1320. The van der Waals surface area contributed by atoms with E-state index in [4.69, 9.17) is 0 Å². The maximum atomic E-state index is 13.2. The third-order valence-corrected chi connectivity index (χ3v) is 7.10. The molecule has 1 atom stereocenters. The van der Waals surface area contributed by atoms with E-state index in [0.717, 1.165) is 12.3 Å². The van der Waals surface area contributed by atoms with E-state index < -0.39 is 21.8 Å². The molecule has 34 heavy (non-hydrogen) atoms. The van der Waals surface area contributed by atoms with Crippen molar-refractivity contribution in [3.8, 4) is 0 Å². The number of hydrogen-bond acceptors (Lipinski definition) is 5. The molecule has 1 unspecified atom stereocenters. The minimum absolute atomic E-state index is 0.0258. The van der Waals surface area contributed by atoms with Crippen molar-refractivity contribution in [1.29, 1.82) is 0 Å². The molecular weight excluding hydrogens is 471 g/mol. The standard InChI is InChI=1S/C22H22F3N5O3S/c1-2-11-26-34(32,33)18-8-5-15(6-9-18)21(31)29-12-3-4-16(13-29)20-28-27-19-10-7-17(14-30(19)20)22(23,24)25/h2,5-10,14,16,26H,1,3-4,11-13H2. The largest absolute Gasteiger partial charge is 0.417 e. The second kappa shape index (κ2) is 9.18. The molecule has 1 amide bonds. The average Bonchev–Trinajstić information content (AvgIpc) is 3.25. The molecule has 1 aliphatic rings. The molecule has 0 bridgehead atoms. The number of carbonyl (C=O) groups is 1. The van der Waals surface area contributed by atoms with Crippen molar-refractivity contribution in [2.24, 2.45) is 0 Å². The van der Waals surface area contributed by atoms with Gasteiger partial charge in [0, 0.05) is 37.3 Å². The van der Waals surface area contributed by atoms with Gasteiger partial charge in [0.25, 0.3) is 5.91 Å². The Morgan fingerprint density at radius 1 is 1.18 bits per heavy atom. The predicted molar refractivity (Wildman–Crippen MR) is 118 cm³/mol. The number of rotatable bonds is 6. The van der Waals surface area contributed by atoms with E-state index in [9.17, 15) is 26.4 Å². The molecule has 3 heterocycles. The molecule has 1 fully saturated rings. The summed E-state index contributed by atoms with van der Waals surface area (Å²) in [6.45, 7) is 4.28. The van der Waals surface area contributed by atoms with Gasteiger partial charge in [-0.2, -0.15) is 13.2 Å². The van der Waals surface area contributed by atoms with Crippen molar-refractivity contribution in [3.63, 3.8) is 0 Å². The second-order valence-corrected chi connectivity index (χ2v) is 9.72. The number of alkyl halides is 3. The number of amides is 1. The van der Waals surface area contributed by atoms with Crippen LogP contribution in [0.4, 0.5) is 13.2 Å². The van der Waals surface area contributed by atoms with Gasteiger partial charge in [0.05, 0.1) is 10.5 Å². The van der Waals surface area contributed by atoms with Gasteiger partial charge in [0.15, 0.2) is 5.65 Å². The van der Waals surface area contributed by atoms with Crippen molar-refractivity contribution in [2.45, 2.75) is 29.8 Å². The number of sulfonamides is 1. The number of piperidine rings is 1. The van der Waals surface area contributed by atoms with Crippen LogP contribution >= 0.6 is 0 Å². The Morgan fingerprint density at radius 3 is 2.59 bits per heavy atom. The van der Waals surface area contributed by atoms with Gasteiger partial charge in [-0.25, -0.2) is 13.1 Å². The fourth-order valence-corrected chi connectivity index (χ4v) is 4.94. The van der Waals surface area contributed by atoms with Gasteiger partial charge < -0.3 is 4.90 Å². The topological polar surface area (TPSA) is 96.7 Å². The first-order valence-electron chi connectivity index (χ1n) is 10.5. The summed E-state index contributed by atoms with van der Waals surface area (Å²) in [6, 6.07) is 7.81. The molecule has 0 aliphatic carbocycles. The van der Waals surface area contributed by atoms with Crippen molar-refractivity contribution >= 4 is 21.6 Å². The lowest BCUT2D eigenvalue weighted by atomic mass is 9.96. The minimum Gasteiger partial charge on any atom is -0.338 e. The van der Waals surface area contributed by atoms with Crippen molar-refractivity contribution < 1.29 is 26.4 Å². The molecule has 0 radical (unpaired) electrons. The Morgan fingerprint density at radius 2 is 1.91 bits per heavy atom. The normalized spacial score (nSPS) is 17.1. The summed E-state index contributed by atoms with van der Waals surface area (Å²) in [5, 5.41) is 8.07. The molecule has 1 N–H and O–H groups in total. The van der Waals surface area contributed by atoms with Crippen LogP contribution in [0, 0.1) is 0 Å². The smallest absolute Gasteiger partial charge is 0.338 e. The molecule has 12 heteroatoms. The zero-order valence-corrected chi connectivity index (χ0v) is 18.8. The van der Waals surface area contributed by atoms with E-state index in [1.165, 1.54) is 40.8 Å². The summed E-state index contributed by atoms with van der Waals surface area (Å²) in [5.41, 5.74) is -0.190. The van der Waals surface area contributed by atoms with Crippen LogP contribution in [-0.2, 0) is 16.2 Å². The molecule has 1 aliphatic heterocycles. The highest BCUT2D eigenvalue weighted by molar-refractivity contribution is 7.89. The van der Waals surface area contributed by atoms with Crippen LogP contribution in [0.2, 0.25) is 0 Å². The zero-order valence-electron chi connectivity index (χ0n) is 18.0. The number of carbonyl (C=O) groups excluding carboxylic acids is 1. The highest BCUT2D eigenvalue weighted by Gasteiger charge is 2.33. The predicted octanol–water partition coefficient (Wildman–Crippen LogP) is 3.23. The van der Waals surface area contributed by atoms with Crippen molar-refractivity contribution in [2.75, 3.05) is 19.6 Å². The number of fused-ring (bicyclic) bond motifs is 1. The Labute approximate surface area is 194 Å². The van der Waals surface area contributed by atoms with Crippen LogP contribution < -0.4 is 4.72 Å². The summed E-state index contributed by atoms with van der Waals surface area (Å²) in [4.78, 5) is 14.7. The van der Waals surface area contributed by atoms with E-state index in [1.807, 2.05) is 0 Å². The highest BCUT2D eigenvalue weighted by Crippen LogP contribution is 2.31. The SMILES string of the molecule is C=CCNS(=O)(=O)c1ccc(C(=O)N2CCCC(c3nnc4ccc(C(F)(F)F)cn34)C2)cc1. The van der Waals surface area contributed by atoms with Gasteiger partial charge in [0.1, 0.15) is 5.82 Å². The Kier molecular flexibility index (Phi) is 6.45. The van der Waals surface area contributed by atoms with E-state index in [2.05, 4.69) is 21.5 Å². The fourth-order valence-electron chi connectivity index (χ4n) is 3.94. The molecule has 1 saturated heterocycles. The number of halogens is 3. The minimum atomic E-state index is -4.49. The number of likely N-dealkylation sites (tertiary alicyclic amines) is 1. The van der Waals surface area contributed by atoms with Gasteiger partial charge in [-0.05, 0) is 49.2 Å². The number of hydrogen-bond donors (Lipinski definition) is 1. The third-order valence-electron chi connectivity index (χ3n) is 5.66. The lowest BCUT2D eigenvalue weighted by Crippen LogP contribution is -2.39. The summed E-state index contributed by atoms with van der Waals surface area (Å²) in [7, 11) is -3.71. The highest BCUT2D eigenvalue weighted by atomic mass is 32.2. The lowest BCUT2D eigenvalue weighted by Gasteiger charge is -2.32. The number of pyridine rings is 1. The summed E-state index contributed by atoms with van der Waals surface area (Å²) >= 11 is 0. The first kappa shape index (κ1) is 23.9. The Balaban J connectivity index is 1.53. The van der Waals surface area contributed by atoms with Crippen molar-refractivity contribution in [3.05, 3.63) is 72.2 Å². The summed E-state index contributed by atoms with van der Waals surface area (Å²) in [5.74, 6) is -0.218. The van der Waals surface area contributed by atoms with Crippen LogP contribution in [0.3, 0.4) is 0 Å². The molecule has 180 valence electrons. The zero-order chi connectivity index (χ0) is 24.5. The molecule has 4 rings (SSSR count). The van der Waals surface area contributed by atoms with E-state index in [-0.39, 0.29) is 29.8 Å². The van der Waals surface area contributed by atoms with Crippen LogP contribution in [-0.4, -0.2) is 53.5 Å². The maximum absolute atomic E-state index is 13.2. The molecule has 2 aromatic heterocycles. The first-order chi connectivity index (χ1) is 16.1. The van der Waals surface area contributed by atoms with E-state index in [1.54, 1.807) is 4.90 Å². The molecule has 0 saturated carbocycles. The maximum Gasteiger partial charge on any atom is 0.417 e. The first-order valence-corrected chi connectivity index (χ1v) is 12.0. The number of nitrogens with zero attached hydrogens (tertiary/aromatic N) is 4. The second-order valence-electron chi connectivity index (χ2n) is 7.96. The van der Waals surface area contributed by atoms with Crippen LogP contribution in [0.5, 0.6) is 0 Å². The Hall–Kier alpha value is -3.25. The molecule has 1 aromatic carbocycles. The molecular formula is C22H22F3N5O3S. The van der Waals surface area contributed by atoms with Crippen LogP contribution in [0.25, 0.3) is 5.65 Å². The average molecular weight is 494 g/mol. The molecule has 8 nitrogen and oxygen atoms in total. The number of nitrogens with one attached hydrogen (secondary N) is 1. The lowest BCUT2D eigenvalue weighted by molar-refractivity contribution is -0.137. The quantitative estimate of drug-likeness (QED) is 0.532. The van der Waals surface area contributed by atoms with Gasteiger partial charge in [-0.1, -0.05) is 6.08 Å². The molecule has 3 aromatic rings. The van der Waals surface area contributed by atoms with Gasteiger partial charge in [-0.15, -0.1) is 16.8 Å². The third kappa shape index (κ3) is 4.82. The fraction of sp³-hybridized carbons (Fsp3) is 0.318. The van der Waals surface area contributed by atoms with E-state index in [0.29, 0.717) is 36.4 Å². The summed E-state index contributed by atoms with van der Waals surface area (Å²) in [6.07, 6.45) is -0.809. The van der Waals surface area contributed by atoms with Crippen LogP contribution in [0.1, 0.15) is 40.5 Å². The van der Waals surface area contributed by atoms with Crippen LogP contribution in [0.15, 0.2) is 60.1 Å².